The van der Waals surface area contributed by atoms with E-state index >= 15 is 0 Å². The van der Waals surface area contributed by atoms with Crippen molar-refractivity contribution in [3.8, 4) is 22.3 Å². The highest BCUT2D eigenvalue weighted by atomic mass is 32.2. The monoisotopic (exact) mass is 418 g/mol. The normalized spacial score (nSPS) is 11.8. The molecular formula is C23H22N4O2S. The largest absolute Gasteiger partial charge is 0.265 e. The van der Waals surface area contributed by atoms with Crippen molar-refractivity contribution in [1.82, 2.24) is 19.3 Å². The van der Waals surface area contributed by atoms with Crippen molar-refractivity contribution in [3.63, 3.8) is 0 Å². The Balaban J connectivity index is 1.83. The first-order valence-corrected chi connectivity index (χ1v) is 11.2. The number of pyridine rings is 3. The zero-order valence-corrected chi connectivity index (χ0v) is 17.7. The number of hydrogen-bond acceptors (Lipinski definition) is 5. The van der Waals surface area contributed by atoms with Crippen LogP contribution in [0.5, 0.6) is 0 Å². The molecule has 4 rings (SSSR count). The van der Waals surface area contributed by atoms with Crippen LogP contribution in [0.25, 0.3) is 33.2 Å². The quantitative estimate of drug-likeness (QED) is 0.464. The van der Waals surface area contributed by atoms with Crippen molar-refractivity contribution in [2.75, 3.05) is 13.1 Å². The predicted molar refractivity (Wildman–Crippen MR) is 118 cm³/mol. The average molecular weight is 419 g/mol. The van der Waals surface area contributed by atoms with Crippen LogP contribution in [-0.4, -0.2) is 40.8 Å². The van der Waals surface area contributed by atoms with Gasteiger partial charge in [-0.3, -0.25) is 15.0 Å². The highest BCUT2D eigenvalue weighted by molar-refractivity contribution is 7.89. The number of sulfonamides is 1. The zero-order chi connectivity index (χ0) is 21.1. The number of aromatic nitrogens is 3. The second kappa shape index (κ2) is 8.30. The van der Waals surface area contributed by atoms with Gasteiger partial charge in [0.05, 0.1) is 5.52 Å². The number of fused-ring (bicyclic) bond motifs is 1. The molecule has 0 radical (unpaired) electrons. The lowest BCUT2D eigenvalue weighted by atomic mass is 9.98. The SMILES string of the molecule is CCN(CC)S(=O)(=O)c1cncc(-c2ccc3nccc(-c4ccncc4)c3c2)c1. The Labute approximate surface area is 176 Å². The highest BCUT2D eigenvalue weighted by Crippen LogP contribution is 2.31. The molecule has 0 fully saturated rings. The van der Waals surface area contributed by atoms with Gasteiger partial charge in [-0.2, -0.15) is 4.31 Å². The maximum Gasteiger partial charge on any atom is 0.244 e. The van der Waals surface area contributed by atoms with Crippen LogP contribution in [0.15, 0.2) is 78.3 Å². The van der Waals surface area contributed by atoms with Gasteiger partial charge in [-0.15, -0.1) is 0 Å². The van der Waals surface area contributed by atoms with Crippen LogP contribution < -0.4 is 0 Å². The van der Waals surface area contributed by atoms with E-state index in [0.717, 1.165) is 33.2 Å². The smallest absolute Gasteiger partial charge is 0.244 e. The van der Waals surface area contributed by atoms with Gasteiger partial charge in [0.25, 0.3) is 0 Å². The maximum absolute atomic E-state index is 12.9. The third-order valence-corrected chi connectivity index (χ3v) is 7.14. The molecule has 6 nitrogen and oxygen atoms in total. The van der Waals surface area contributed by atoms with Gasteiger partial charge in [0.1, 0.15) is 4.90 Å². The van der Waals surface area contributed by atoms with Gasteiger partial charge >= 0.3 is 0 Å². The second-order valence-electron chi connectivity index (χ2n) is 6.82. The van der Waals surface area contributed by atoms with Crippen molar-refractivity contribution in [2.24, 2.45) is 0 Å². The van der Waals surface area contributed by atoms with Crippen molar-refractivity contribution in [2.45, 2.75) is 18.7 Å². The van der Waals surface area contributed by atoms with Gasteiger partial charge in [-0.05, 0) is 53.1 Å². The van der Waals surface area contributed by atoms with E-state index in [0.29, 0.717) is 13.1 Å². The highest BCUT2D eigenvalue weighted by Gasteiger charge is 2.22. The molecule has 7 heteroatoms. The molecule has 0 aliphatic carbocycles. The molecule has 1 aromatic carbocycles. The summed E-state index contributed by atoms with van der Waals surface area (Å²) in [5.41, 5.74) is 4.59. The molecule has 0 aliphatic heterocycles. The fraction of sp³-hybridized carbons (Fsp3) is 0.174. The lowest BCUT2D eigenvalue weighted by molar-refractivity contribution is 0.445. The minimum Gasteiger partial charge on any atom is -0.265 e. The Morgan fingerprint density at radius 2 is 1.57 bits per heavy atom. The topological polar surface area (TPSA) is 76.1 Å². The van der Waals surface area contributed by atoms with Crippen LogP contribution in [0.4, 0.5) is 0 Å². The van der Waals surface area contributed by atoms with Crippen LogP contribution in [0, 0.1) is 0 Å². The van der Waals surface area contributed by atoms with Crippen LogP contribution in [-0.2, 0) is 10.0 Å². The standard InChI is InChI=1S/C23H22N4O2S/c1-3-27(4-2)30(28,29)20-13-19(15-25-16-20)18-5-6-23-22(14-18)21(9-12-26-23)17-7-10-24-11-8-17/h5-16H,3-4H2,1-2H3. The minimum atomic E-state index is -3.57. The van der Waals surface area contributed by atoms with Gasteiger partial charge < -0.3 is 0 Å². The summed E-state index contributed by atoms with van der Waals surface area (Å²) in [5.74, 6) is 0. The molecule has 0 saturated heterocycles. The Kier molecular flexibility index (Phi) is 5.57. The molecular weight excluding hydrogens is 396 g/mol. The fourth-order valence-corrected chi connectivity index (χ4v) is 4.99. The van der Waals surface area contributed by atoms with Crippen LogP contribution >= 0.6 is 0 Å². The third-order valence-electron chi connectivity index (χ3n) is 5.12. The molecule has 0 unspecified atom stereocenters. The Morgan fingerprint density at radius 1 is 0.800 bits per heavy atom. The van der Waals surface area contributed by atoms with E-state index in [-0.39, 0.29) is 4.90 Å². The van der Waals surface area contributed by atoms with Crippen LogP contribution in [0.3, 0.4) is 0 Å². The Hall–Kier alpha value is -3.16. The average Bonchev–Trinajstić information content (AvgIpc) is 2.79. The van der Waals surface area contributed by atoms with E-state index in [1.165, 1.54) is 10.5 Å². The molecule has 0 amide bonds. The van der Waals surface area contributed by atoms with E-state index in [9.17, 15) is 8.42 Å². The first-order valence-electron chi connectivity index (χ1n) is 9.79. The van der Waals surface area contributed by atoms with Gasteiger partial charge in [0, 0.05) is 55.0 Å². The van der Waals surface area contributed by atoms with E-state index in [1.807, 2.05) is 50.2 Å². The van der Waals surface area contributed by atoms with Crippen molar-refractivity contribution >= 4 is 20.9 Å². The summed E-state index contributed by atoms with van der Waals surface area (Å²) < 4.78 is 27.2. The maximum atomic E-state index is 12.9. The van der Waals surface area contributed by atoms with Crippen molar-refractivity contribution < 1.29 is 8.42 Å². The summed E-state index contributed by atoms with van der Waals surface area (Å²) >= 11 is 0. The van der Waals surface area contributed by atoms with E-state index < -0.39 is 10.0 Å². The summed E-state index contributed by atoms with van der Waals surface area (Å²) in [4.78, 5) is 13.0. The molecule has 0 atom stereocenters. The van der Waals surface area contributed by atoms with Crippen molar-refractivity contribution in [1.29, 1.82) is 0 Å². The van der Waals surface area contributed by atoms with E-state index in [4.69, 9.17) is 0 Å². The van der Waals surface area contributed by atoms with Crippen molar-refractivity contribution in [3.05, 3.63) is 73.4 Å². The van der Waals surface area contributed by atoms with Gasteiger partial charge in [0.15, 0.2) is 0 Å². The second-order valence-corrected chi connectivity index (χ2v) is 8.76. The molecule has 152 valence electrons. The first-order chi connectivity index (χ1) is 14.5. The molecule has 30 heavy (non-hydrogen) atoms. The summed E-state index contributed by atoms with van der Waals surface area (Å²) in [5, 5.41) is 0.984. The van der Waals surface area contributed by atoms with E-state index in [1.54, 1.807) is 30.9 Å². The molecule has 0 N–H and O–H groups in total. The van der Waals surface area contributed by atoms with Crippen LogP contribution in [0.1, 0.15) is 13.8 Å². The molecule has 3 heterocycles. The summed E-state index contributed by atoms with van der Waals surface area (Å²) in [6.45, 7) is 4.49. The minimum absolute atomic E-state index is 0.198. The number of hydrogen-bond donors (Lipinski definition) is 0. The Morgan fingerprint density at radius 3 is 2.30 bits per heavy atom. The first kappa shape index (κ1) is 20.1. The van der Waals surface area contributed by atoms with Crippen LogP contribution in [0.2, 0.25) is 0 Å². The van der Waals surface area contributed by atoms with E-state index in [2.05, 4.69) is 15.0 Å². The lowest BCUT2D eigenvalue weighted by Crippen LogP contribution is -2.30. The van der Waals surface area contributed by atoms with Gasteiger partial charge in [-0.25, -0.2) is 8.42 Å². The number of nitrogens with zero attached hydrogens (tertiary/aromatic N) is 4. The molecule has 0 spiro atoms. The molecule has 0 saturated carbocycles. The number of benzene rings is 1. The van der Waals surface area contributed by atoms with Gasteiger partial charge in [0.2, 0.25) is 10.0 Å². The lowest BCUT2D eigenvalue weighted by Gasteiger charge is -2.18. The Bertz CT molecular complexity index is 1290. The summed E-state index contributed by atoms with van der Waals surface area (Å²) in [6.07, 6.45) is 8.40. The predicted octanol–water partition coefficient (Wildman–Crippen LogP) is 4.39. The summed E-state index contributed by atoms with van der Waals surface area (Å²) in [7, 11) is -3.57. The number of rotatable bonds is 6. The molecule has 0 aliphatic rings. The third kappa shape index (κ3) is 3.69. The zero-order valence-electron chi connectivity index (χ0n) is 16.9. The summed E-state index contributed by atoms with van der Waals surface area (Å²) in [6, 6.07) is 13.5. The van der Waals surface area contributed by atoms with Gasteiger partial charge in [-0.1, -0.05) is 19.9 Å². The molecule has 4 aromatic rings. The fourth-order valence-electron chi connectivity index (χ4n) is 3.54. The molecule has 3 aromatic heterocycles. The molecule has 0 bridgehead atoms.